The first-order valence-electron chi connectivity index (χ1n) is 7.68. The van der Waals surface area contributed by atoms with Crippen molar-refractivity contribution in [2.75, 3.05) is 26.2 Å². The summed E-state index contributed by atoms with van der Waals surface area (Å²) in [6, 6.07) is 8.37. The van der Waals surface area contributed by atoms with Crippen LogP contribution in [0.4, 0.5) is 0 Å². The molecular weight excluding hydrogens is 427 g/mol. The Morgan fingerprint density at radius 3 is 2.48 bits per heavy atom. The third-order valence-corrected chi connectivity index (χ3v) is 4.79. The molecule has 0 atom stereocenters. The van der Waals surface area contributed by atoms with Crippen LogP contribution in [0.2, 0.25) is 0 Å². The molecule has 1 aromatic rings. The molecule has 0 radical (unpaired) electrons. The lowest BCUT2D eigenvalue weighted by Gasteiger charge is -2.12. The smallest absolute Gasteiger partial charge is 0.240 e. The molecule has 0 bridgehead atoms. The predicted molar refractivity (Wildman–Crippen MR) is 104 cm³/mol. The van der Waals surface area contributed by atoms with E-state index in [4.69, 9.17) is 0 Å². The van der Waals surface area contributed by atoms with Crippen molar-refractivity contribution in [3.05, 3.63) is 30.3 Å². The number of aliphatic imine (C=N–C) groups is 1. The summed E-state index contributed by atoms with van der Waals surface area (Å²) in [5, 5.41) is 6.30. The van der Waals surface area contributed by atoms with E-state index in [9.17, 15) is 8.42 Å². The molecule has 1 aliphatic carbocycles. The minimum atomic E-state index is -3.44. The third kappa shape index (κ3) is 7.49. The molecule has 23 heavy (non-hydrogen) atoms. The van der Waals surface area contributed by atoms with E-state index in [1.54, 1.807) is 30.3 Å². The van der Waals surface area contributed by atoms with Crippen LogP contribution in [0, 0.1) is 5.92 Å². The minimum Gasteiger partial charge on any atom is -0.357 e. The van der Waals surface area contributed by atoms with Crippen LogP contribution in [0.1, 0.15) is 19.8 Å². The highest BCUT2D eigenvalue weighted by Crippen LogP contribution is 2.28. The molecule has 0 spiro atoms. The van der Waals surface area contributed by atoms with Gasteiger partial charge in [0.2, 0.25) is 10.0 Å². The number of guanidine groups is 1. The van der Waals surface area contributed by atoms with Gasteiger partial charge >= 0.3 is 0 Å². The highest BCUT2D eigenvalue weighted by Gasteiger charge is 2.20. The molecule has 1 saturated carbocycles. The van der Waals surface area contributed by atoms with Gasteiger partial charge in [-0.2, -0.15) is 0 Å². The predicted octanol–water partition coefficient (Wildman–Crippen LogP) is 1.55. The number of sulfonamides is 1. The summed E-state index contributed by atoms with van der Waals surface area (Å²) in [5.74, 6) is 1.47. The number of hydrogen-bond acceptors (Lipinski definition) is 3. The van der Waals surface area contributed by atoms with Crippen molar-refractivity contribution in [1.29, 1.82) is 0 Å². The Labute approximate surface area is 155 Å². The van der Waals surface area contributed by atoms with Crippen molar-refractivity contribution >= 4 is 40.0 Å². The van der Waals surface area contributed by atoms with Gasteiger partial charge in [-0.05, 0) is 37.8 Å². The van der Waals surface area contributed by atoms with Gasteiger partial charge < -0.3 is 10.6 Å². The molecule has 1 aliphatic rings. The monoisotopic (exact) mass is 452 g/mol. The van der Waals surface area contributed by atoms with Crippen LogP contribution in [-0.4, -0.2) is 40.6 Å². The molecule has 1 fully saturated rings. The molecule has 0 heterocycles. The standard InChI is InChI=1S/C15H24N4O2S.HI/c1-2-16-15(18-12-13-8-9-13)17-10-11-19-22(20,21)14-6-4-3-5-7-14;/h3-7,13,19H,2,8-12H2,1H3,(H2,16,17,18);1H. The number of benzene rings is 1. The zero-order valence-electron chi connectivity index (χ0n) is 13.3. The summed E-state index contributed by atoms with van der Waals surface area (Å²) >= 11 is 0. The molecule has 0 aromatic heterocycles. The van der Waals surface area contributed by atoms with Gasteiger partial charge in [0.25, 0.3) is 0 Å². The van der Waals surface area contributed by atoms with E-state index in [0.29, 0.717) is 13.1 Å². The normalized spacial score (nSPS) is 14.9. The Morgan fingerprint density at radius 1 is 1.17 bits per heavy atom. The van der Waals surface area contributed by atoms with E-state index < -0.39 is 10.0 Å². The van der Waals surface area contributed by atoms with E-state index in [2.05, 4.69) is 20.3 Å². The van der Waals surface area contributed by atoms with Crippen LogP contribution in [0.5, 0.6) is 0 Å². The van der Waals surface area contributed by atoms with E-state index in [0.717, 1.165) is 25.0 Å². The number of nitrogens with one attached hydrogen (secondary N) is 3. The van der Waals surface area contributed by atoms with Crippen LogP contribution >= 0.6 is 24.0 Å². The molecule has 2 rings (SSSR count). The van der Waals surface area contributed by atoms with Gasteiger partial charge in [0, 0.05) is 26.2 Å². The summed E-state index contributed by atoms with van der Waals surface area (Å²) in [6.45, 7) is 4.43. The Balaban J connectivity index is 0.00000264. The summed E-state index contributed by atoms with van der Waals surface area (Å²) in [6.07, 6.45) is 2.53. The molecule has 1 aromatic carbocycles. The first-order chi connectivity index (χ1) is 10.6. The maximum atomic E-state index is 12.0. The largest absolute Gasteiger partial charge is 0.357 e. The quantitative estimate of drug-likeness (QED) is 0.242. The Morgan fingerprint density at radius 2 is 1.87 bits per heavy atom. The zero-order valence-corrected chi connectivity index (χ0v) is 16.4. The summed E-state index contributed by atoms with van der Waals surface area (Å²) in [7, 11) is -3.44. The number of halogens is 1. The molecule has 8 heteroatoms. The van der Waals surface area contributed by atoms with Crippen LogP contribution in [0.25, 0.3) is 0 Å². The van der Waals surface area contributed by atoms with Gasteiger partial charge in [0.1, 0.15) is 0 Å². The molecule has 6 nitrogen and oxygen atoms in total. The lowest BCUT2D eigenvalue weighted by molar-refractivity contribution is 0.580. The van der Waals surface area contributed by atoms with Crippen LogP contribution in [-0.2, 0) is 10.0 Å². The van der Waals surface area contributed by atoms with Gasteiger partial charge in [-0.3, -0.25) is 4.99 Å². The average Bonchev–Trinajstić information content (AvgIpc) is 3.34. The molecule has 0 saturated heterocycles. The van der Waals surface area contributed by atoms with Crippen LogP contribution in [0.15, 0.2) is 40.2 Å². The third-order valence-electron chi connectivity index (χ3n) is 3.31. The topological polar surface area (TPSA) is 82.6 Å². The van der Waals surface area contributed by atoms with Crippen molar-refractivity contribution in [2.24, 2.45) is 10.9 Å². The zero-order chi connectivity index (χ0) is 15.8. The second-order valence-corrected chi connectivity index (χ2v) is 7.07. The Kier molecular flexibility index (Phi) is 8.85. The fourth-order valence-corrected chi connectivity index (χ4v) is 2.96. The number of hydrogen-bond donors (Lipinski definition) is 3. The lowest BCUT2D eigenvalue weighted by Crippen LogP contribution is -2.41. The molecule has 0 unspecified atom stereocenters. The molecule has 130 valence electrons. The van der Waals surface area contributed by atoms with Crippen molar-refractivity contribution in [3.63, 3.8) is 0 Å². The van der Waals surface area contributed by atoms with E-state index in [-0.39, 0.29) is 28.9 Å². The maximum absolute atomic E-state index is 12.0. The van der Waals surface area contributed by atoms with Crippen molar-refractivity contribution < 1.29 is 8.42 Å². The van der Waals surface area contributed by atoms with Gasteiger partial charge in [-0.15, -0.1) is 24.0 Å². The second-order valence-electron chi connectivity index (χ2n) is 5.30. The number of nitrogens with zero attached hydrogens (tertiary/aromatic N) is 1. The van der Waals surface area contributed by atoms with Gasteiger partial charge in [0.05, 0.1) is 4.90 Å². The van der Waals surface area contributed by atoms with Gasteiger partial charge in [0.15, 0.2) is 5.96 Å². The van der Waals surface area contributed by atoms with Crippen LogP contribution in [0.3, 0.4) is 0 Å². The maximum Gasteiger partial charge on any atom is 0.240 e. The first kappa shape index (κ1) is 20.2. The number of rotatable bonds is 8. The molecule has 0 aliphatic heterocycles. The minimum absolute atomic E-state index is 0. The van der Waals surface area contributed by atoms with Gasteiger partial charge in [-0.1, -0.05) is 18.2 Å². The van der Waals surface area contributed by atoms with Crippen molar-refractivity contribution in [2.45, 2.75) is 24.7 Å². The van der Waals surface area contributed by atoms with E-state index >= 15 is 0 Å². The summed E-state index contributed by atoms with van der Waals surface area (Å²) < 4.78 is 26.7. The van der Waals surface area contributed by atoms with E-state index in [1.807, 2.05) is 6.92 Å². The average molecular weight is 452 g/mol. The Bertz CT molecular complexity index is 589. The SMILES string of the molecule is CCNC(=NCC1CC1)NCCNS(=O)(=O)c1ccccc1.I. The van der Waals surface area contributed by atoms with E-state index in [1.165, 1.54) is 12.8 Å². The second kappa shape index (κ2) is 10.1. The molecular formula is C15H25IN4O2S. The fourth-order valence-electron chi connectivity index (χ4n) is 1.91. The summed E-state index contributed by atoms with van der Waals surface area (Å²) in [4.78, 5) is 4.77. The fraction of sp³-hybridized carbons (Fsp3) is 0.533. The van der Waals surface area contributed by atoms with Crippen molar-refractivity contribution in [1.82, 2.24) is 15.4 Å². The molecule has 0 amide bonds. The lowest BCUT2D eigenvalue weighted by atomic mass is 10.4. The first-order valence-corrected chi connectivity index (χ1v) is 9.17. The van der Waals surface area contributed by atoms with Crippen LogP contribution < -0.4 is 15.4 Å². The molecule has 3 N–H and O–H groups in total. The van der Waals surface area contributed by atoms with Gasteiger partial charge in [-0.25, -0.2) is 13.1 Å². The highest BCUT2D eigenvalue weighted by molar-refractivity contribution is 14.0. The van der Waals surface area contributed by atoms with Crippen molar-refractivity contribution in [3.8, 4) is 0 Å². The summed E-state index contributed by atoms with van der Waals surface area (Å²) in [5.41, 5.74) is 0. The highest BCUT2D eigenvalue weighted by atomic mass is 127. The Hall–Kier alpha value is -0.870.